The Hall–Kier alpha value is -0.530. The molecule has 1 aromatic carbocycles. The average Bonchev–Trinajstić information content (AvgIpc) is 2.11. The molecule has 1 saturated carbocycles. The second-order valence-electron chi connectivity index (χ2n) is 7.53. The van der Waals surface area contributed by atoms with E-state index in [0.29, 0.717) is 0 Å². The van der Waals surface area contributed by atoms with Crippen LogP contribution in [0.3, 0.4) is 0 Å². The van der Waals surface area contributed by atoms with Gasteiger partial charge in [0.25, 0.3) is 0 Å². The summed E-state index contributed by atoms with van der Waals surface area (Å²) >= 11 is 6.11. The maximum Gasteiger partial charge on any atom is 0.0420 e. The number of hydrogen-bond donors (Lipinski definition) is 1. The fraction of sp³-hybridized carbons (Fsp3) is 0.625. The zero-order valence-corrected chi connectivity index (χ0v) is 12.6. The first kappa shape index (κ1) is 13.9. The zero-order valence-electron chi connectivity index (χ0n) is 11.9. The summed E-state index contributed by atoms with van der Waals surface area (Å²) in [7, 11) is 0. The van der Waals surface area contributed by atoms with Crippen LogP contribution in [0.15, 0.2) is 24.3 Å². The molecule has 2 heteroatoms. The summed E-state index contributed by atoms with van der Waals surface area (Å²) in [6.07, 6.45) is 3.26. The maximum absolute atomic E-state index is 6.74. The van der Waals surface area contributed by atoms with Crippen LogP contribution >= 0.6 is 11.6 Å². The Bertz CT molecular complexity index is 432. The maximum atomic E-state index is 6.74. The molecule has 0 spiro atoms. The van der Waals surface area contributed by atoms with E-state index in [1.165, 1.54) is 12.0 Å². The van der Waals surface area contributed by atoms with Gasteiger partial charge >= 0.3 is 0 Å². The highest BCUT2D eigenvalue weighted by Gasteiger charge is 2.46. The first-order valence-corrected chi connectivity index (χ1v) is 7.05. The molecule has 0 saturated heterocycles. The molecule has 1 aliphatic rings. The summed E-state index contributed by atoms with van der Waals surface area (Å²) in [6, 6.07) is 8.05. The summed E-state index contributed by atoms with van der Waals surface area (Å²) in [5.41, 5.74) is 8.22. The van der Waals surface area contributed by atoms with Crippen LogP contribution < -0.4 is 5.73 Å². The Balaban J connectivity index is 2.41. The molecule has 0 aromatic heterocycles. The van der Waals surface area contributed by atoms with Crippen LogP contribution in [0.25, 0.3) is 0 Å². The third kappa shape index (κ3) is 2.89. The molecule has 18 heavy (non-hydrogen) atoms. The van der Waals surface area contributed by atoms with Crippen LogP contribution in [0, 0.1) is 10.8 Å². The van der Waals surface area contributed by atoms with Crippen LogP contribution in [0.1, 0.15) is 52.5 Å². The van der Waals surface area contributed by atoms with Gasteiger partial charge in [-0.1, -0.05) is 51.4 Å². The smallest absolute Gasteiger partial charge is 0.0420 e. The summed E-state index contributed by atoms with van der Waals surface area (Å²) < 4.78 is 0. The van der Waals surface area contributed by atoms with Gasteiger partial charge in [0.2, 0.25) is 0 Å². The molecular weight excluding hydrogens is 242 g/mol. The SMILES string of the molecule is CC1(C)CC(C)(C)CC(N)(c2cccc(Cl)c2)C1. The molecule has 0 radical (unpaired) electrons. The Morgan fingerprint density at radius 2 is 1.56 bits per heavy atom. The lowest BCUT2D eigenvalue weighted by atomic mass is 9.57. The van der Waals surface area contributed by atoms with Crippen LogP contribution in [-0.2, 0) is 5.54 Å². The van der Waals surface area contributed by atoms with Gasteiger partial charge in [0.15, 0.2) is 0 Å². The van der Waals surface area contributed by atoms with Crippen molar-refractivity contribution in [1.29, 1.82) is 0 Å². The minimum Gasteiger partial charge on any atom is -0.321 e. The van der Waals surface area contributed by atoms with E-state index >= 15 is 0 Å². The van der Waals surface area contributed by atoms with Crippen molar-refractivity contribution in [2.45, 2.75) is 52.5 Å². The molecular formula is C16H24ClN. The Labute approximate surface area is 116 Å². The van der Waals surface area contributed by atoms with E-state index in [1.807, 2.05) is 18.2 Å². The van der Waals surface area contributed by atoms with E-state index in [4.69, 9.17) is 17.3 Å². The lowest BCUT2D eigenvalue weighted by Gasteiger charge is -2.50. The Kier molecular flexibility index (Phi) is 3.28. The van der Waals surface area contributed by atoms with Crippen LogP contribution in [-0.4, -0.2) is 0 Å². The van der Waals surface area contributed by atoms with Crippen molar-refractivity contribution in [1.82, 2.24) is 0 Å². The summed E-state index contributed by atoms with van der Waals surface area (Å²) in [4.78, 5) is 0. The van der Waals surface area contributed by atoms with E-state index < -0.39 is 0 Å². The minimum atomic E-state index is -0.254. The van der Waals surface area contributed by atoms with Gasteiger partial charge in [-0.2, -0.15) is 0 Å². The number of halogens is 1. The van der Waals surface area contributed by atoms with Gasteiger partial charge < -0.3 is 5.73 Å². The molecule has 1 nitrogen and oxygen atoms in total. The van der Waals surface area contributed by atoms with E-state index in [2.05, 4.69) is 33.8 Å². The largest absolute Gasteiger partial charge is 0.321 e. The second kappa shape index (κ2) is 4.25. The molecule has 0 heterocycles. The lowest BCUT2D eigenvalue weighted by molar-refractivity contribution is 0.0471. The van der Waals surface area contributed by atoms with Gasteiger partial charge in [-0.15, -0.1) is 0 Å². The third-order valence-corrected chi connectivity index (χ3v) is 4.18. The topological polar surface area (TPSA) is 26.0 Å². The number of hydrogen-bond acceptors (Lipinski definition) is 1. The third-order valence-electron chi connectivity index (χ3n) is 3.94. The van der Waals surface area contributed by atoms with Gasteiger partial charge in [-0.25, -0.2) is 0 Å². The fourth-order valence-corrected chi connectivity index (χ4v) is 4.38. The molecule has 1 aromatic rings. The summed E-state index contributed by atoms with van der Waals surface area (Å²) in [5.74, 6) is 0. The van der Waals surface area contributed by atoms with Crippen molar-refractivity contribution < 1.29 is 0 Å². The van der Waals surface area contributed by atoms with E-state index in [-0.39, 0.29) is 16.4 Å². The Morgan fingerprint density at radius 1 is 1.00 bits per heavy atom. The molecule has 0 aliphatic heterocycles. The molecule has 1 fully saturated rings. The van der Waals surface area contributed by atoms with Crippen molar-refractivity contribution in [3.8, 4) is 0 Å². The van der Waals surface area contributed by atoms with Gasteiger partial charge in [0.1, 0.15) is 0 Å². The normalized spacial score (nSPS) is 24.8. The predicted octanol–water partition coefficient (Wildman–Crippen LogP) is 4.73. The van der Waals surface area contributed by atoms with Gasteiger partial charge in [-0.05, 0) is 47.8 Å². The number of rotatable bonds is 1. The van der Waals surface area contributed by atoms with Crippen LogP contribution in [0.2, 0.25) is 5.02 Å². The van der Waals surface area contributed by atoms with Gasteiger partial charge in [0, 0.05) is 10.6 Å². The molecule has 1 aliphatic carbocycles. The highest BCUT2D eigenvalue weighted by molar-refractivity contribution is 6.30. The zero-order chi connectivity index (χ0) is 13.6. The fourth-order valence-electron chi connectivity index (χ4n) is 4.19. The molecule has 0 bridgehead atoms. The van der Waals surface area contributed by atoms with Crippen LogP contribution in [0.5, 0.6) is 0 Å². The highest BCUT2D eigenvalue weighted by atomic mass is 35.5. The van der Waals surface area contributed by atoms with E-state index in [9.17, 15) is 0 Å². The highest BCUT2D eigenvalue weighted by Crippen LogP contribution is 2.52. The quantitative estimate of drug-likeness (QED) is 0.780. The number of benzene rings is 1. The lowest BCUT2D eigenvalue weighted by Crippen LogP contribution is -2.49. The molecule has 2 rings (SSSR count). The summed E-state index contributed by atoms with van der Waals surface area (Å²) in [6.45, 7) is 9.28. The van der Waals surface area contributed by atoms with Gasteiger partial charge in [-0.3, -0.25) is 0 Å². The van der Waals surface area contributed by atoms with Crippen molar-refractivity contribution in [2.24, 2.45) is 16.6 Å². The van der Waals surface area contributed by atoms with Crippen molar-refractivity contribution >= 4 is 11.6 Å². The second-order valence-corrected chi connectivity index (χ2v) is 7.96. The van der Waals surface area contributed by atoms with Crippen molar-refractivity contribution in [3.63, 3.8) is 0 Å². The standard InChI is InChI=1S/C16H24ClN/c1-14(2)9-15(3,4)11-16(18,10-14)12-6-5-7-13(17)8-12/h5-8H,9-11,18H2,1-4H3. The monoisotopic (exact) mass is 265 g/mol. The minimum absolute atomic E-state index is 0.254. The first-order valence-electron chi connectivity index (χ1n) is 6.67. The Morgan fingerprint density at radius 3 is 2.06 bits per heavy atom. The molecule has 0 unspecified atom stereocenters. The summed E-state index contributed by atoms with van der Waals surface area (Å²) in [5, 5.41) is 0.776. The number of nitrogens with two attached hydrogens (primary N) is 1. The van der Waals surface area contributed by atoms with Crippen LogP contribution in [0.4, 0.5) is 0 Å². The van der Waals surface area contributed by atoms with E-state index in [0.717, 1.165) is 17.9 Å². The van der Waals surface area contributed by atoms with Crippen molar-refractivity contribution in [2.75, 3.05) is 0 Å². The average molecular weight is 266 g/mol. The van der Waals surface area contributed by atoms with Crippen molar-refractivity contribution in [3.05, 3.63) is 34.9 Å². The van der Waals surface area contributed by atoms with Gasteiger partial charge in [0.05, 0.1) is 0 Å². The van der Waals surface area contributed by atoms with E-state index in [1.54, 1.807) is 0 Å². The predicted molar refractivity (Wildman–Crippen MR) is 78.7 cm³/mol. The first-order chi connectivity index (χ1) is 8.12. The molecule has 0 amide bonds. The molecule has 2 N–H and O–H groups in total. The molecule has 0 atom stereocenters. The molecule has 100 valence electrons.